The van der Waals surface area contributed by atoms with Crippen molar-refractivity contribution in [2.45, 2.75) is 13.5 Å². The Morgan fingerprint density at radius 3 is 2.90 bits per heavy atom. The predicted molar refractivity (Wildman–Crippen MR) is 78.4 cm³/mol. The summed E-state index contributed by atoms with van der Waals surface area (Å²) < 4.78 is 4.97. The first-order valence-corrected chi connectivity index (χ1v) is 6.41. The normalized spacial score (nSPS) is 10.1. The number of nitrogens with two attached hydrogens (primary N) is 1. The van der Waals surface area contributed by atoms with E-state index in [2.05, 4.69) is 10.3 Å². The van der Waals surface area contributed by atoms with Crippen LogP contribution in [0.5, 0.6) is 0 Å². The molecule has 0 bridgehead atoms. The minimum Gasteiger partial charge on any atom is -0.462 e. The lowest BCUT2D eigenvalue weighted by atomic mass is 10.1. The summed E-state index contributed by atoms with van der Waals surface area (Å²) in [7, 11) is 0. The number of rotatable bonds is 5. The van der Waals surface area contributed by atoms with E-state index >= 15 is 0 Å². The molecule has 5 nitrogen and oxygen atoms in total. The molecular weight excluding hydrogens is 254 g/mol. The van der Waals surface area contributed by atoms with Crippen LogP contribution in [0.15, 0.2) is 42.6 Å². The number of carbonyl (C=O) groups excluding carboxylic acids is 1. The van der Waals surface area contributed by atoms with Crippen LogP contribution in [0.3, 0.4) is 0 Å². The van der Waals surface area contributed by atoms with Gasteiger partial charge in [-0.2, -0.15) is 0 Å². The third kappa shape index (κ3) is 3.47. The molecule has 0 unspecified atom stereocenters. The molecule has 0 aliphatic heterocycles. The molecule has 2 aromatic rings. The molecule has 1 aromatic heterocycles. The zero-order valence-corrected chi connectivity index (χ0v) is 11.3. The van der Waals surface area contributed by atoms with Crippen LogP contribution in [0, 0.1) is 0 Å². The van der Waals surface area contributed by atoms with Gasteiger partial charge in [0.2, 0.25) is 0 Å². The number of hydrogen-bond acceptors (Lipinski definition) is 5. The Balaban J connectivity index is 2.10. The molecule has 1 aromatic carbocycles. The smallest absolute Gasteiger partial charge is 0.338 e. The number of nitrogen functional groups attached to an aromatic ring is 1. The Labute approximate surface area is 117 Å². The Morgan fingerprint density at radius 2 is 2.20 bits per heavy atom. The third-order valence-electron chi connectivity index (χ3n) is 2.75. The van der Waals surface area contributed by atoms with Gasteiger partial charge in [-0.25, -0.2) is 4.79 Å². The molecule has 0 saturated heterocycles. The third-order valence-corrected chi connectivity index (χ3v) is 2.75. The molecule has 0 radical (unpaired) electrons. The molecule has 0 saturated carbocycles. The van der Waals surface area contributed by atoms with Crippen molar-refractivity contribution >= 4 is 17.3 Å². The van der Waals surface area contributed by atoms with Gasteiger partial charge in [0.1, 0.15) is 0 Å². The number of ether oxygens (including phenoxy) is 1. The summed E-state index contributed by atoms with van der Waals surface area (Å²) in [6, 6.07) is 10.7. The second-order valence-electron chi connectivity index (χ2n) is 4.20. The number of nitrogens with one attached hydrogen (secondary N) is 1. The topological polar surface area (TPSA) is 77.2 Å². The van der Waals surface area contributed by atoms with Crippen molar-refractivity contribution < 1.29 is 9.53 Å². The quantitative estimate of drug-likeness (QED) is 0.645. The van der Waals surface area contributed by atoms with E-state index in [1.54, 1.807) is 31.3 Å². The number of pyridine rings is 1. The van der Waals surface area contributed by atoms with Crippen molar-refractivity contribution in [1.29, 1.82) is 0 Å². The van der Waals surface area contributed by atoms with Gasteiger partial charge in [-0.1, -0.05) is 6.07 Å². The van der Waals surface area contributed by atoms with Crippen molar-refractivity contribution in [1.82, 2.24) is 4.98 Å². The minimum absolute atomic E-state index is 0.347. The lowest BCUT2D eigenvalue weighted by Crippen LogP contribution is -2.08. The van der Waals surface area contributed by atoms with Crippen LogP contribution in [-0.4, -0.2) is 17.6 Å². The number of nitrogens with zero attached hydrogens (tertiary/aromatic N) is 1. The fraction of sp³-hybridized carbons (Fsp3) is 0.200. The van der Waals surface area contributed by atoms with E-state index < -0.39 is 0 Å². The van der Waals surface area contributed by atoms with Gasteiger partial charge in [-0.3, -0.25) is 4.98 Å². The molecule has 0 aliphatic carbocycles. The lowest BCUT2D eigenvalue weighted by molar-refractivity contribution is 0.0526. The van der Waals surface area contributed by atoms with E-state index in [9.17, 15) is 4.79 Å². The van der Waals surface area contributed by atoms with Gasteiger partial charge in [0.25, 0.3) is 0 Å². The number of esters is 1. The van der Waals surface area contributed by atoms with Crippen molar-refractivity contribution in [3.63, 3.8) is 0 Å². The summed E-state index contributed by atoms with van der Waals surface area (Å²) in [5.41, 5.74) is 8.54. The van der Waals surface area contributed by atoms with E-state index in [-0.39, 0.29) is 5.97 Å². The van der Waals surface area contributed by atoms with E-state index in [4.69, 9.17) is 10.5 Å². The van der Waals surface area contributed by atoms with Crippen molar-refractivity contribution in [3.8, 4) is 0 Å². The number of hydrogen-bond donors (Lipinski definition) is 2. The molecule has 0 fully saturated rings. The van der Waals surface area contributed by atoms with Gasteiger partial charge < -0.3 is 15.8 Å². The fourth-order valence-electron chi connectivity index (χ4n) is 1.74. The van der Waals surface area contributed by atoms with E-state index in [1.165, 1.54) is 0 Å². The molecule has 0 amide bonds. The van der Waals surface area contributed by atoms with Crippen molar-refractivity contribution in [2.75, 3.05) is 17.7 Å². The molecule has 0 atom stereocenters. The first kappa shape index (κ1) is 13.9. The molecule has 2 rings (SSSR count). The van der Waals surface area contributed by atoms with Gasteiger partial charge in [0.15, 0.2) is 0 Å². The van der Waals surface area contributed by atoms with Gasteiger partial charge in [-0.05, 0) is 37.3 Å². The summed E-state index contributed by atoms with van der Waals surface area (Å²) in [4.78, 5) is 15.9. The fourth-order valence-corrected chi connectivity index (χ4v) is 1.74. The largest absolute Gasteiger partial charge is 0.462 e. The minimum atomic E-state index is -0.353. The van der Waals surface area contributed by atoms with Gasteiger partial charge >= 0.3 is 5.97 Å². The molecule has 3 N–H and O–H groups in total. The average Bonchev–Trinajstić information content (AvgIpc) is 2.47. The molecule has 1 heterocycles. The Bertz CT molecular complexity index is 585. The Hall–Kier alpha value is -2.56. The van der Waals surface area contributed by atoms with Crippen LogP contribution >= 0.6 is 0 Å². The van der Waals surface area contributed by atoms with Crippen LogP contribution in [0.1, 0.15) is 23.0 Å². The Morgan fingerprint density at radius 1 is 1.35 bits per heavy atom. The number of aromatic nitrogens is 1. The SMILES string of the molecule is CCOC(=O)c1ccc(N)c(NCc2ccccn2)c1. The maximum Gasteiger partial charge on any atom is 0.338 e. The number of carbonyl (C=O) groups is 1. The maximum absolute atomic E-state index is 11.7. The molecule has 0 aliphatic rings. The van der Waals surface area contributed by atoms with Crippen LogP contribution in [-0.2, 0) is 11.3 Å². The second kappa shape index (κ2) is 6.56. The number of benzene rings is 1. The summed E-state index contributed by atoms with van der Waals surface area (Å²) in [5.74, 6) is -0.353. The zero-order valence-electron chi connectivity index (χ0n) is 11.3. The van der Waals surface area contributed by atoms with Crippen molar-refractivity contribution in [3.05, 3.63) is 53.9 Å². The molecular formula is C15H17N3O2. The summed E-state index contributed by atoms with van der Waals surface area (Å²) >= 11 is 0. The first-order valence-electron chi connectivity index (χ1n) is 6.41. The predicted octanol–water partition coefficient (Wildman–Crippen LogP) is 2.45. The van der Waals surface area contributed by atoms with Crippen LogP contribution in [0.4, 0.5) is 11.4 Å². The first-order chi connectivity index (χ1) is 9.70. The van der Waals surface area contributed by atoms with Crippen molar-refractivity contribution in [2.24, 2.45) is 0 Å². The maximum atomic E-state index is 11.7. The van der Waals surface area contributed by atoms with Crippen LogP contribution in [0.2, 0.25) is 0 Å². The highest BCUT2D eigenvalue weighted by atomic mass is 16.5. The molecule has 104 valence electrons. The average molecular weight is 271 g/mol. The highest BCUT2D eigenvalue weighted by Crippen LogP contribution is 2.21. The highest BCUT2D eigenvalue weighted by molar-refractivity contribution is 5.92. The lowest BCUT2D eigenvalue weighted by Gasteiger charge is -2.10. The summed E-state index contributed by atoms with van der Waals surface area (Å²) in [5, 5.41) is 3.17. The monoisotopic (exact) mass is 271 g/mol. The zero-order chi connectivity index (χ0) is 14.4. The van der Waals surface area contributed by atoms with Crippen LogP contribution in [0.25, 0.3) is 0 Å². The van der Waals surface area contributed by atoms with Gasteiger partial charge in [-0.15, -0.1) is 0 Å². The molecule has 0 spiro atoms. The van der Waals surface area contributed by atoms with E-state index in [0.29, 0.717) is 30.1 Å². The van der Waals surface area contributed by atoms with Gasteiger partial charge in [0, 0.05) is 6.20 Å². The summed E-state index contributed by atoms with van der Waals surface area (Å²) in [6.45, 7) is 2.66. The standard InChI is InChI=1S/C15H17N3O2/c1-2-20-15(19)11-6-7-13(16)14(9-11)18-10-12-5-3-4-8-17-12/h3-9,18H,2,10,16H2,1H3. The van der Waals surface area contributed by atoms with E-state index in [0.717, 1.165) is 5.69 Å². The molecule has 20 heavy (non-hydrogen) atoms. The Kier molecular flexibility index (Phi) is 4.55. The highest BCUT2D eigenvalue weighted by Gasteiger charge is 2.09. The van der Waals surface area contributed by atoms with E-state index in [1.807, 2.05) is 18.2 Å². The summed E-state index contributed by atoms with van der Waals surface area (Å²) in [6.07, 6.45) is 1.73. The molecule has 5 heteroatoms. The number of anilines is 2. The van der Waals surface area contributed by atoms with Gasteiger partial charge in [0.05, 0.1) is 35.8 Å². The second-order valence-corrected chi connectivity index (χ2v) is 4.20. The van der Waals surface area contributed by atoms with Crippen LogP contribution < -0.4 is 11.1 Å².